The number of hydrogen-bond donors (Lipinski definition) is 2. The van der Waals surface area contributed by atoms with Crippen molar-refractivity contribution < 1.29 is 14.6 Å². The topological polar surface area (TPSA) is 61.8 Å². The fraction of sp³-hybridized carbons (Fsp3) is 0.588. The van der Waals surface area contributed by atoms with Crippen molar-refractivity contribution in [2.45, 2.75) is 51.2 Å². The third kappa shape index (κ3) is 4.91. The molecule has 0 heterocycles. The summed E-state index contributed by atoms with van der Waals surface area (Å²) in [5.41, 5.74) is 0.697. The van der Waals surface area contributed by atoms with Crippen LogP contribution in [0.1, 0.15) is 39.0 Å². The summed E-state index contributed by atoms with van der Waals surface area (Å²) in [6.07, 6.45) is 4.99. The van der Waals surface area contributed by atoms with Crippen LogP contribution in [-0.2, 0) is 0 Å². The molecule has 1 aliphatic rings. The zero-order valence-electron chi connectivity index (χ0n) is 13.4. The maximum atomic E-state index is 12.2. The van der Waals surface area contributed by atoms with E-state index in [1.165, 1.54) is 12.8 Å². The van der Waals surface area contributed by atoms with E-state index in [0.717, 1.165) is 18.6 Å². The lowest BCUT2D eigenvalue weighted by Gasteiger charge is -2.21. The smallest absolute Gasteiger partial charge is 0.321 e. The fourth-order valence-corrected chi connectivity index (χ4v) is 2.55. The van der Waals surface area contributed by atoms with Crippen LogP contribution in [-0.4, -0.2) is 41.8 Å². The molecule has 1 unspecified atom stereocenters. The number of nitrogens with zero attached hydrogens (tertiary/aromatic N) is 1. The van der Waals surface area contributed by atoms with Crippen molar-refractivity contribution in [1.82, 2.24) is 4.90 Å². The first-order valence-electron chi connectivity index (χ1n) is 8.02. The number of hydrogen-bond acceptors (Lipinski definition) is 3. The summed E-state index contributed by atoms with van der Waals surface area (Å²) in [4.78, 5) is 13.8. The Bertz CT molecular complexity index is 485. The third-order valence-electron chi connectivity index (χ3n) is 3.95. The van der Waals surface area contributed by atoms with Crippen LogP contribution in [0.25, 0.3) is 0 Å². The number of aliphatic hydroxyl groups is 1. The Morgan fingerprint density at radius 2 is 2.09 bits per heavy atom. The van der Waals surface area contributed by atoms with Crippen molar-refractivity contribution in [3.63, 3.8) is 0 Å². The van der Waals surface area contributed by atoms with Crippen molar-refractivity contribution in [1.29, 1.82) is 0 Å². The lowest BCUT2D eigenvalue weighted by Crippen LogP contribution is -2.33. The second kappa shape index (κ2) is 8.03. The van der Waals surface area contributed by atoms with Gasteiger partial charge in [0.1, 0.15) is 5.75 Å². The predicted octanol–water partition coefficient (Wildman–Crippen LogP) is 3.24. The molecule has 0 bridgehead atoms. The van der Waals surface area contributed by atoms with E-state index in [4.69, 9.17) is 4.74 Å². The number of ether oxygens (including phenoxy) is 1. The van der Waals surface area contributed by atoms with Crippen molar-refractivity contribution in [3.05, 3.63) is 24.3 Å². The second-order valence-electron chi connectivity index (χ2n) is 6.01. The van der Waals surface area contributed by atoms with Crippen LogP contribution in [0, 0.1) is 0 Å². The summed E-state index contributed by atoms with van der Waals surface area (Å²) in [5.74, 6) is 0.728. The number of benzene rings is 1. The molecule has 1 aromatic carbocycles. The molecule has 122 valence electrons. The SMILES string of the molecule is CC(O)CCN(C)C(=O)Nc1ccccc1OC1CCCC1. The molecule has 1 atom stereocenters. The molecule has 2 amide bonds. The Hall–Kier alpha value is -1.75. The molecule has 0 saturated heterocycles. The van der Waals surface area contributed by atoms with E-state index < -0.39 is 6.10 Å². The summed E-state index contributed by atoms with van der Waals surface area (Å²) < 4.78 is 6.01. The molecule has 5 heteroatoms. The number of urea groups is 1. The van der Waals surface area contributed by atoms with Gasteiger partial charge in [-0.25, -0.2) is 4.79 Å². The summed E-state index contributed by atoms with van der Waals surface area (Å²) in [6, 6.07) is 7.35. The van der Waals surface area contributed by atoms with E-state index in [9.17, 15) is 9.90 Å². The predicted molar refractivity (Wildman–Crippen MR) is 87.3 cm³/mol. The minimum atomic E-state index is -0.409. The van der Waals surface area contributed by atoms with Crippen LogP contribution < -0.4 is 10.1 Å². The highest BCUT2D eigenvalue weighted by atomic mass is 16.5. The lowest BCUT2D eigenvalue weighted by molar-refractivity contribution is 0.167. The minimum Gasteiger partial charge on any atom is -0.488 e. The van der Waals surface area contributed by atoms with Gasteiger partial charge in [-0.1, -0.05) is 12.1 Å². The number of carbonyl (C=O) groups excluding carboxylic acids is 1. The van der Waals surface area contributed by atoms with E-state index in [-0.39, 0.29) is 12.1 Å². The monoisotopic (exact) mass is 306 g/mol. The van der Waals surface area contributed by atoms with E-state index in [0.29, 0.717) is 18.7 Å². The molecule has 0 spiro atoms. The van der Waals surface area contributed by atoms with Gasteiger partial charge in [-0.15, -0.1) is 0 Å². The first kappa shape index (κ1) is 16.6. The van der Waals surface area contributed by atoms with E-state index >= 15 is 0 Å². The Kier molecular flexibility index (Phi) is 6.07. The van der Waals surface area contributed by atoms with Crippen molar-refractivity contribution in [2.24, 2.45) is 0 Å². The van der Waals surface area contributed by atoms with E-state index in [1.54, 1.807) is 18.9 Å². The molecule has 1 aliphatic carbocycles. The number of amides is 2. The van der Waals surface area contributed by atoms with Crippen molar-refractivity contribution in [2.75, 3.05) is 18.9 Å². The highest BCUT2D eigenvalue weighted by molar-refractivity contribution is 5.90. The lowest BCUT2D eigenvalue weighted by atomic mass is 10.2. The van der Waals surface area contributed by atoms with E-state index in [2.05, 4.69) is 5.32 Å². The molecule has 22 heavy (non-hydrogen) atoms. The van der Waals surface area contributed by atoms with Gasteiger partial charge in [-0.3, -0.25) is 0 Å². The van der Waals surface area contributed by atoms with Crippen molar-refractivity contribution in [3.8, 4) is 5.75 Å². The summed E-state index contributed by atoms with van der Waals surface area (Å²) >= 11 is 0. The van der Waals surface area contributed by atoms with Crippen LogP contribution in [0.2, 0.25) is 0 Å². The van der Waals surface area contributed by atoms with Gasteiger partial charge in [-0.05, 0) is 51.2 Å². The molecule has 0 radical (unpaired) electrons. The maximum Gasteiger partial charge on any atom is 0.321 e. The van der Waals surface area contributed by atoms with Crippen molar-refractivity contribution >= 4 is 11.7 Å². The number of anilines is 1. The third-order valence-corrected chi connectivity index (χ3v) is 3.95. The molecular weight excluding hydrogens is 280 g/mol. The average molecular weight is 306 g/mol. The summed E-state index contributed by atoms with van der Waals surface area (Å²) in [7, 11) is 1.72. The van der Waals surface area contributed by atoms with E-state index in [1.807, 2.05) is 24.3 Å². The Labute approximate surface area is 132 Å². The number of aliphatic hydroxyl groups excluding tert-OH is 1. The minimum absolute atomic E-state index is 0.192. The average Bonchev–Trinajstić information content (AvgIpc) is 2.99. The van der Waals surface area contributed by atoms with Crippen LogP contribution >= 0.6 is 0 Å². The Morgan fingerprint density at radius 1 is 1.41 bits per heavy atom. The Morgan fingerprint density at radius 3 is 2.77 bits per heavy atom. The van der Waals surface area contributed by atoms with Gasteiger partial charge in [0.2, 0.25) is 0 Å². The second-order valence-corrected chi connectivity index (χ2v) is 6.01. The quantitative estimate of drug-likeness (QED) is 0.848. The fourth-order valence-electron chi connectivity index (χ4n) is 2.55. The van der Waals surface area contributed by atoms with Gasteiger partial charge in [-0.2, -0.15) is 0 Å². The largest absolute Gasteiger partial charge is 0.488 e. The molecular formula is C17H26N2O3. The number of nitrogens with one attached hydrogen (secondary N) is 1. The zero-order valence-corrected chi connectivity index (χ0v) is 13.4. The summed E-state index contributed by atoms with van der Waals surface area (Å²) in [6.45, 7) is 2.23. The van der Waals surface area contributed by atoms with Gasteiger partial charge < -0.3 is 20.1 Å². The van der Waals surface area contributed by atoms with Crippen LogP contribution in [0.15, 0.2) is 24.3 Å². The number of para-hydroxylation sites is 2. The first-order valence-corrected chi connectivity index (χ1v) is 8.02. The molecule has 2 rings (SSSR count). The van der Waals surface area contributed by atoms with Crippen LogP contribution in [0.4, 0.5) is 10.5 Å². The highest BCUT2D eigenvalue weighted by Gasteiger charge is 2.19. The van der Waals surface area contributed by atoms with Crippen LogP contribution in [0.5, 0.6) is 5.75 Å². The molecule has 0 aliphatic heterocycles. The van der Waals surface area contributed by atoms with Gasteiger partial charge in [0.25, 0.3) is 0 Å². The number of rotatable bonds is 6. The first-order chi connectivity index (χ1) is 10.6. The van der Waals surface area contributed by atoms with Gasteiger partial charge >= 0.3 is 6.03 Å². The maximum absolute atomic E-state index is 12.2. The molecule has 2 N–H and O–H groups in total. The summed E-state index contributed by atoms with van der Waals surface area (Å²) in [5, 5.41) is 12.2. The van der Waals surface area contributed by atoms with Crippen LogP contribution in [0.3, 0.4) is 0 Å². The standard InChI is InChI=1S/C17H26N2O3/c1-13(20)11-12-19(2)17(21)18-15-9-5-6-10-16(15)22-14-7-3-4-8-14/h5-6,9-10,13-14,20H,3-4,7-8,11-12H2,1-2H3,(H,18,21). The van der Waals surface area contributed by atoms with Gasteiger partial charge in [0.05, 0.1) is 17.9 Å². The van der Waals surface area contributed by atoms with Gasteiger partial charge in [0, 0.05) is 13.6 Å². The Balaban J connectivity index is 1.94. The molecule has 0 aromatic heterocycles. The normalized spacial score (nSPS) is 16.3. The molecule has 5 nitrogen and oxygen atoms in total. The molecule has 1 saturated carbocycles. The molecule has 1 aromatic rings. The highest BCUT2D eigenvalue weighted by Crippen LogP contribution is 2.29. The molecule has 1 fully saturated rings. The zero-order chi connectivity index (χ0) is 15.9. The van der Waals surface area contributed by atoms with Gasteiger partial charge in [0.15, 0.2) is 0 Å². The number of carbonyl (C=O) groups is 1.